The van der Waals surface area contributed by atoms with E-state index < -0.39 is 0 Å². The lowest BCUT2D eigenvalue weighted by Crippen LogP contribution is -2.36. The third-order valence-corrected chi connectivity index (χ3v) is 1.68. The average Bonchev–Trinajstić information content (AvgIpc) is 2.49. The summed E-state index contributed by atoms with van der Waals surface area (Å²) in [6.07, 6.45) is 0. The summed E-state index contributed by atoms with van der Waals surface area (Å²) in [7, 11) is 3.39. The number of anilines is 1. The van der Waals surface area contributed by atoms with Crippen LogP contribution in [-0.4, -0.2) is 41.1 Å². The van der Waals surface area contributed by atoms with Crippen LogP contribution in [0.3, 0.4) is 0 Å². The largest absolute Gasteiger partial charge is 0.347 e. The Morgan fingerprint density at radius 2 is 2.21 bits per heavy atom. The van der Waals surface area contributed by atoms with Crippen LogP contribution in [0.1, 0.15) is 12.7 Å². The van der Waals surface area contributed by atoms with Gasteiger partial charge in [-0.05, 0) is 13.8 Å². The number of aryl methyl sites for hydroxylation is 1. The van der Waals surface area contributed by atoms with Crippen molar-refractivity contribution in [2.45, 2.75) is 19.9 Å². The summed E-state index contributed by atoms with van der Waals surface area (Å²) in [5.41, 5.74) is 0. The molecular formula is C8H14N4O2. The Balaban J connectivity index is 2.57. The maximum atomic E-state index is 11.4. The Bertz CT molecular complexity index is 321. The minimum absolute atomic E-state index is 0.0409. The number of nitrogens with zero attached hydrogens (tertiary/aromatic N) is 3. The molecule has 0 aliphatic rings. The van der Waals surface area contributed by atoms with E-state index in [2.05, 4.69) is 15.5 Å². The van der Waals surface area contributed by atoms with Gasteiger partial charge in [0.15, 0.2) is 5.82 Å². The first-order valence-corrected chi connectivity index (χ1v) is 4.28. The molecule has 1 amide bonds. The molecular weight excluding hydrogens is 184 g/mol. The monoisotopic (exact) mass is 198 g/mol. The van der Waals surface area contributed by atoms with Gasteiger partial charge in [-0.15, -0.1) is 0 Å². The van der Waals surface area contributed by atoms with Crippen molar-refractivity contribution in [3.8, 4) is 0 Å². The maximum Gasteiger partial charge on any atom is 0.322 e. The fraction of sp³-hybridized carbons (Fsp3) is 0.625. The summed E-state index contributed by atoms with van der Waals surface area (Å²) in [5, 5.41) is 6.41. The molecule has 78 valence electrons. The Labute approximate surface area is 82.3 Å². The standard InChI is InChI=1S/C8H14N4O2/c1-5(7(13)12(3)4)9-8-10-6(2)11-14-8/h5H,1-4H3,(H,9,10,11). The summed E-state index contributed by atoms with van der Waals surface area (Å²) in [6, 6.07) is -0.102. The minimum Gasteiger partial charge on any atom is -0.347 e. The molecule has 0 spiro atoms. The topological polar surface area (TPSA) is 71.3 Å². The molecule has 1 aromatic rings. The van der Waals surface area contributed by atoms with Crippen LogP contribution < -0.4 is 5.32 Å². The molecule has 1 rings (SSSR count). The van der Waals surface area contributed by atoms with Crippen LogP contribution in [0.15, 0.2) is 4.52 Å². The van der Waals surface area contributed by atoms with Crippen LogP contribution in [0.25, 0.3) is 0 Å². The smallest absolute Gasteiger partial charge is 0.322 e. The van der Waals surface area contributed by atoms with Gasteiger partial charge in [0.25, 0.3) is 0 Å². The van der Waals surface area contributed by atoms with Gasteiger partial charge in [-0.25, -0.2) is 0 Å². The molecule has 6 heteroatoms. The summed E-state index contributed by atoms with van der Waals surface area (Å²) < 4.78 is 4.82. The van der Waals surface area contributed by atoms with Gasteiger partial charge in [-0.2, -0.15) is 4.98 Å². The highest BCUT2D eigenvalue weighted by Crippen LogP contribution is 2.05. The zero-order chi connectivity index (χ0) is 10.7. The van der Waals surface area contributed by atoms with E-state index in [0.29, 0.717) is 5.82 Å². The van der Waals surface area contributed by atoms with E-state index in [1.165, 1.54) is 4.90 Å². The lowest BCUT2D eigenvalue weighted by atomic mass is 10.3. The number of rotatable bonds is 3. The molecule has 0 aliphatic heterocycles. The third kappa shape index (κ3) is 2.45. The Hall–Kier alpha value is -1.59. The number of amides is 1. The van der Waals surface area contributed by atoms with Crippen molar-refractivity contribution in [1.82, 2.24) is 15.0 Å². The predicted molar refractivity (Wildman–Crippen MR) is 50.8 cm³/mol. The van der Waals surface area contributed by atoms with E-state index >= 15 is 0 Å². The fourth-order valence-corrected chi connectivity index (χ4v) is 0.990. The Kier molecular flexibility index (Phi) is 3.06. The first-order valence-electron chi connectivity index (χ1n) is 4.28. The molecule has 0 saturated carbocycles. The van der Waals surface area contributed by atoms with Crippen LogP contribution in [0.2, 0.25) is 0 Å². The number of likely N-dealkylation sites (N-methyl/N-ethyl adjacent to an activating group) is 1. The van der Waals surface area contributed by atoms with E-state index in [-0.39, 0.29) is 18.0 Å². The molecule has 0 bridgehead atoms. The molecule has 1 N–H and O–H groups in total. The Morgan fingerprint density at radius 3 is 2.64 bits per heavy atom. The van der Waals surface area contributed by atoms with E-state index in [1.54, 1.807) is 27.9 Å². The van der Waals surface area contributed by atoms with E-state index in [9.17, 15) is 4.79 Å². The van der Waals surface area contributed by atoms with Crippen molar-refractivity contribution in [2.24, 2.45) is 0 Å². The fourth-order valence-electron chi connectivity index (χ4n) is 0.990. The number of carbonyl (C=O) groups excluding carboxylic acids is 1. The number of hydrogen-bond acceptors (Lipinski definition) is 5. The zero-order valence-corrected chi connectivity index (χ0v) is 8.74. The highest BCUT2D eigenvalue weighted by molar-refractivity contribution is 5.83. The molecule has 0 fully saturated rings. The van der Waals surface area contributed by atoms with Gasteiger partial charge in [-0.3, -0.25) is 4.79 Å². The molecule has 1 atom stereocenters. The van der Waals surface area contributed by atoms with Crippen molar-refractivity contribution in [3.63, 3.8) is 0 Å². The van der Waals surface area contributed by atoms with Gasteiger partial charge in [0.05, 0.1) is 0 Å². The van der Waals surface area contributed by atoms with Gasteiger partial charge in [0.1, 0.15) is 6.04 Å². The van der Waals surface area contributed by atoms with Crippen molar-refractivity contribution < 1.29 is 9.32 Å². The lowest BCUT2D eigenvalue weighted by molar-refractivity contribution is -0.129. The zero-order valence-electron chi connectivity index (χ0n) is 8.74. The maximum absolute atomic E-state index is 11.4. The molecule has 6 nitrogen and oxygen atoms in total. The summed E-state index contributed by atoms with van der Waals surface area (Å²) in [4.78, 5) is 16.9. The third-order valence-electron chi connectivity index (χ3n) is 1.68. The lowest BCUT2D eigenvalue weighted by Gasteiger charge is -2.16. The van der Waals surface area contributed by atoms with Crippen LogP contribution in [0.4, 0.5) is 6.01 Å². The van der Waals surface area contributed by atoms with Gasteiger partial charge >= 0.3 is 6.01 Å². The summed E-state index contributed by atoms with van der Waals surface area (Å²) >= 11 is 0. The first kappa shape index (κ1) is 10.5. The SMILES string of the molecule is Cc1noc(NC(C)C(=O)N(C)C)n1. The van der Waals surface area contributed by atoms with Crippen LogP contribution in [0.5, 0.6) is 0 Å². The van der Waals surface area contributed by atoms with Crippen molar-refractivity contribution in [3.05, 3.63) is 5.82 Å². The second-order valence-electron chi connectivity index (χ2n) is 3.25. The normalized spacial score (nSPS) is 12.3. The number of carbonyl (C=O) groups is 1. The van der Waals surface area contributed by atoms with E-state index in [1.807, 2.05) is 0 Å². The molecule has 14 heavy (non-hydrogen) atoms. The van der Waals surface area contributed by atoms with Crippen LogP contribution in [-0.2, 0) is 4.79 Å². The van der Waals surface area contributed by atoms with E-state index in [0.717, 1.165) is 0 Å². The summed E-state index contributed by atoms with van der Waals surface area (Å²) in [6.45, 7) is 3.45. The van der Waals surface area contributed by atoms with Gasteiger partial charge in [0, 0.05) is 14.1 Å². The van der Waals surface area contributed by atoms with Crippen LogP contribution in [0, 0.1) is 6.92 Å². The van der Waals surface area contributed by atoms with Gasteiger partial charge < -0.3 is 14.7 Å². The molecule has 1 aromatic heterocycles. The van der Waals surface area contributed by atoms with Gasteiger partial charge in [-0.1, -0.05) is 5.16 Å². The molecule has 0 radical (unpaired) electrons. The molecule has 1 heterocycles. The number of aromatic nitrogens is 2. The first-order chi connectivity index (χ1) is 6.50. The predicted octanol–water partition coefficient (Wildman–Crippen LogP) is 0.267. The molecule has 0 aromatic carbocycles. The molecule has 0 saturated heterocycles. The van der Waals surface area contributed by atoms with Crippen molar-refractivity contribution in [2.75, 3.05) is 19.4 Å². The van der Waals surface area contributed by atoms with Crippen molar-refractivity contribution >= 4 is 11.9 Å². The molecule has 1 unspecified atom stereocenters. The average molecular weight is 198 g/mol. The van der Waals surface area contributed by atoms with E-state index in [4.69, 9.17) is 4.52 Å². The summed E-state index contributed by atoms with van der Waals surface area (Å²) in [5.74, 6) is 0.498. The molecule has 0 aliphatic carbocycles. The van der Waals surface area contributed by atoms with Gasteiger partial charge in [0.2, 0.25) is 5.91 Å². The quantitative estimate of drug-likeness (QED) is 0.754. The second-order valence-corrected chi connectivity index (χ2v) is 3.25. The highest BCUT2D eigenvalue weighted by Gasteiger charge is 2.16. The van der Waals surface area contributed by atoms with Crippen molar-refractivity contribution in [1.29, 1.82) is 0 Å². The van der Waals surface area contributed by atoms with Crippen LogP contribution >= 0.6 is 0 Å². The Morgan fingerprint density at radius 1 is 1.57 bits per heavy atom. The minimum atomic E-state index is -0.371. The number of hydrogen-bond donors (Lipinski definition) is 1. The highest BCUT2D eigenvalue weighted by atomic mass is 16.5. The second kappa shape index (κ2) is 4.08. The number of nitrogens with one attached hydrogen (secondary N) is 1.